The lowest BCUT2D eigenvalue weighted by Crippen LogP contribution is -2.41. The van der Waals surface area contributed by atoms with Gasteiger partial charge in [-0.15, -0.1) is 0 Å². The molecule has 4 heteroatoms. The number of nitrogens with one attached hydrogen (secondary N) is 2. The van der Waals surface area contributed by atoms with Crippen LogP contribution in [0.4, 0.5) is 0 Å². The van der Waals surface area contributed by atoms with Crippen molar-refractivity contribution in [2.45, 2.75) is 25.4 Å². The summed E-state index contributed by atoms with van der Waals surface area (Å²) in [5.41, 5.74) is 1.15. The van der Waals surface area contributed by atoms with Gasteiger partial charge in [0, 0.05) is 30.5 Å². The standard InChI is InChI=1S/C18H22N2OS/c1-13(20-18(21)11-17-12-22-9-8-19-17)15-7-6-14-4-2-3-5-16(14)10-15/h2-7,10,13,17,19H,8-9,11-12H2,1H3,(H,20,21). The fourth-order valence-corrected chi connectivity index (χ4v) is 3.78. The van der Waals surface area contributed by atoms with Crippen molar-refractivity contribution in [3.63, 3.8) is 0 Å². The molecule has 1 fully saturated rings. The van der Waals surface area contributed by atoms with E-state index in [9.17, 15) is 4.79 Å². The number of benzene rings is 2. The molecule has 0 radical (unpaired) electrons. The third-order valence-corrected chi connectivity index (χ3v) is 5.21. The van der Waals surface area contributed by atoms with Gasteiger partial charge in [0.25, 0.3) is 0 Å². The molecule has 1 amide bonds. The molecule has 1 aliphatic heterocycles. The number of rotatable bonds is 4. The first kappa shape index (κ1) is 15.4. The van der Waals surface area contributed by atoms with E-state index in [0.717, 1.165) is 23.6 Å². The molecule has 0 spiro atoms. The fraction of sp³-hybridized carbons (Fsp3) is 0.389. The number of fused-ring (bicyclic) bond motifs is 1. The maximum absolute atomic E-state index is 12.2. The van der Waals surface area contributed by atoms with E-state index in [0.29, 0.717) is 12.5 Å². The maximum atomic E-state index is 12.2. The first-order valence-corrected chi connectivity index (χ1v) is 8.97. The second kappa shape index (κ2) is 7.16. The summed E-state index contributed by atoms with van der Waals surface area (Å²) in [6.07, 6.45) is 0.560. The Morgan fingerprint density at radius 2 is 2.14 bits per heavy atom. The minimum absolute atomic E-state index is 0.0355. The van der Waals surface area contributed by atoms with Crippen molar-refractivity contribution < 1.29 is 4.79 Å². The molecule has 2 aromatic rings. The molecule has 0 aromatic heterocycles. The van der Waals surface area contributed by atoms with E-state index in [4.69, 9.17) is 0 Å². The highest BCUT2D eigenvalue weighted by molar-refractivity contribution is 7.99. The van der Waals surface area contributed by atoms with Crippen molar-refractivity contribution in [2.24, 2.45) is 0 Å². The molecule has 1 aliphatic rings. The highest BCUT2D eigenvalue weighted by atomic mass is 32.2. The summed E-state index contributed by atoms with van der Waals surface area (Å²) >= 11 is 1.92. The van der Waals surface area contributed by atoms with Gasteiger partial charge in [-0.1, -0.05) is 36.4 Å². The van der Waals surface area contributed by atoms with Crippen molar-refractivity contribution in [3.8, 4) is 0 Å². The number of hydrogen-bond donors (Lipinski definition) is 2. The lowest BCUT2D eigenvalue weighted by Gasteiger charge is -2.23. The number of hydrogen-bond acceptors (Lipinski definition) is 3. The van der Waals surface area contributed by atoms with Gasteiger partial charge in [-0.05, 0) is 29.3 Å². The van der Waals surface area contributed by atoms with Crippen LogP contribution in [-0.2, 0) is 4.79 Å². The molecule has 2 aromatic carbocycles. The Bertz CT molecular complexity index is 652. The Morgan fingerprint density at radius 1 is 1.32 bits per heavy atom. The van der Waals surface area contributed by atoms with Gasteiger partial charge in [0.2, 0.25) is 5.91 Å². The summed E-state index contributed by atoms with van der Waals surface area (Å²) in [5.74, 6) is 2.30. The Morgan fingerprint density at radius 3 is 2.91 bits per heavy atom. The lowest BCUT2D eigenvalue weighted by molar-refractivity contribution is -0.122. The molecule has 1 saturated heterocycles. The Kier molecular flexibility index (Phi) is 5.01. The zero-order valence-electron chi connectivity index (χ0n) is 12.8. The highest BCUT2D eigenvalue weighted by Crippen LogP contribution is 2.20. The molecule has 1 heterocycles. The zero-order chi connectivity index (χ0) is 15.4. The molecule has 22 heavy (non-hydrogen) atoms. The summed E-state index contributed by atoms with van der Waals surface area (Å²) in [6, 6.07) is 15.0. The predicted molar refractivity (Wildman–Crippen MR) is 94.2 cm³/mol. The summed E-state index contributed by atoms with van der Waals surface area (Å²) in [6.45, 7) is 3.05. The first-order valence-electron chi connectivity index (χ1n) is 7.81. The van der Waals surface area contributed by atoms with Gasteiger partial charge in [-0.25, -0.2) is 0 Å². The number of carbonyl (C=O) groups is 1. The van der Waals surface area contributed by atoms with Crippen LogP contribution in [0.1, 0.15) is 24.9 Å². The number of carbonyl (C=O) groups excluding carboxylic acids is 1. The van der Waals surface area contributed by atoms with E-state index >= 15 is 0 Å². The van der Waals surface area contributed by atoms with Crippen molar-refractivity contribution in [1.82, 2.24) is 10.6 Å². The van der Waals surface area contributed by atoms with E-state index < -0.39 is 0 Å². The first-order chi connectivity index (χ1) is 10.7. The van der Waals surface area contributed by atoms with Gasteiger partial charge >= 0.3 is 0 Å². The molecule has 116 valence electrons. The largest absolute Gasteiger partial charge is 0.350 e. The van der Waals surface area contributed by atoms with Crippen molar-refractivity contribution in [1.29, 1.82) is 0 Å². The summed E-state index contributed by atoms with van der Waals surface area (Å²) in [4.78, 5) is 12.2. The van der Waals surface area contributed by atoms with Crippen LogP contribution in [-0.4, -0.2) is 30.0 Å². The van der Waals surface area contributed by atoms with Crippen LogP contribution in [0.5, 0.6) is 0 Å². The molecular weight excluding hydrogens is 292 g/mol. The Balaban J connectivity index is 1.62. The second-order valence-electron chi connectivity index (χ2n) is 5.83. The zero-order valence-corrected chi connectivity index (χ0v) is 13.7. The van der Waals surface area contributed by atoms with Crippen molar-refractivity contribution >= 4 is 28.4 Å². The van der Waals surface area contributed by atoms with E-state index in [2.05, 4.69) is 41.0 Å². The van der Waals surface area contributed by atoms with Crippen LogP contribution in [0.15, 0.2) is 42.5 Å². The average Bonchev–Trinajstić information content (AvgIpc) is 2.55. The normalized spacial score (nSPS) is 19.8. The predicted octanol–water partition coefficient (Wildman–Crippen LogP) is 3.11. The lowest BCUT2D eigenvalue weighted by atomic mass is 10.0. The van der Waals surface area contributed by atoms with Crippen LogP contribution >= 0.6 is 11.8 Å². The molecule has 0 bridgehead atoms. The van der Waals surface area contributed by atoms with Crippen molar-refractivity contribution in [3.05, 3.63) is 48.0 Å². The molecule has 0 aliphatic carbocycles. The highest BCUT2D eigenvalue weighted by Gasteiger charge is 2.18. The second-order valence-corrected chi connectivity index (χ2v) is 6.98. The van der Waals surface area contributed by atoms with Crippen molar-refractivity contribution in [2.75, 3.05) is 18.1 Å². The van der Waals surface area contributed by atoms with E-state index in [1.54, 1.807) is 0 Å². The molecule has 3 nitrogen and oxygen atoms in total. The molecule has 2 unspecified atom stereocenters. The average molecular weight is 314 g/mol. The quantitative estimate of drug-likeness (QED) is 0.911. The summed E-state index contributed by atoms with van der Waals surface area (Å²) in [5, 5.41) is 8.97. The minimum atomic E-state index is 0.0355. The maximum Gasteiger partial charge on any atom is 0.222 e. The Hall–Kier alpha value is -1.52. The van der Waals surface area contributed by atoms with Crippen LogP contribution in [0.2, 0.25) is 0 Å². The molecular formula is C18H22N2OS. The number of amides is 1. The molecule has 2 N–H and O–H groups in total. The monoisotopic (exact) mass is 314 g/mol. The fourth-order valence-electron chi connectivity index (χ4n) is 2.84. The third-order valence-electron chi connectivity index (χ3n) is 4.08. The van der Waals surface area contributed by atoms with Gasteiger partial charge in [-0.2, -0.15) is 11.8 Å². The van der Waals surface area contributed by atoms with Crippen LogP contribution in [0.25, 0.3) is 10.8 Å². The van der Waals surface area contributed by atoms with E-state index in [1.807, 2.05) is 30.8 Å². The van der Waals surface area contributed by atoms with Crippen LogP contribution < -0.4 is 10.6 Å². The Labute approximate surface area is 135 Å². The summed E-state index contributed by atoms with van der Waals surface area (Å²) in [7, 11) is 0. The molecule has 0 saturated carbocycles. The topological polar surface area (TPSA) is 41.1 Å². The van der Waals surface area contributed by atoms with Crippen LogP contribution in [0.3, 0.4) is 0 Å². The number of thioether (sulfide) groups is 1. The van der Waals surface area contributed by atoms with E-state index in [-0.39, 0.29) is 11.9 Å². The van der Waals surface area contributed by atoms with Gasteiger partial charge in [0.05, 0.1) is 6.04 Å². The van der Waals surface area contributed by atoms with Crippen LogP contribution in [0, 0.1) is 0 Å². The van der Waals surface area contributed by atoms with Gasteiger partial charge in [-0.3, -0.25) is 4.79 Å². The summed E-state index contributed by atoms with van der Waals surface area (Å²) < 4.78 is 0. The SMILES string of the molecule is CC(NC(=O)CC1CSCCN1)c1ccc2ccccc2c1. The molecule has 3 rings (SSSR count). The van der Waals surface area contributed by atoms with Gasteiger partial charge in [0.1, 0.15) is 0 Å². The molecule has 2 atom stereocenters. The third kappa shape index (κ3) is 3.81. The van der Waals surface area contributed by atoms with E-state index in [1.165, 1.54) is 10.8 Å². The minimum Gasteiger partial charge on any atom is -0.350 e. The van der Waals surface area contributed by atoms with Gasteiger partial charge in [0.15, 0.2) is 0 Å². The van der Waals surface area contributed by atoms with Gasteiger partial charge < -0.3 is 10.6 Å². The smallest absolute Gasteiger partial charge is 0.222 e.